The third kappa shape index (κ3) is 9.63. The number of hydrogen-bond acceptors (Lipinski definition) is 7. The van der Waals surface area contributed by atoms with Gasteiger partial charge in [0.15, 0.2) is 0 Å². The molecule has 1 aromatic carbocycles. The number of nitrogens with one attached hydrogen (secondary N) is 2. The van der Waals surface area contributed by atoms with Crippen molar-refractivity contribution in [3.8, 4) is 0 Å². The van der Waals surface area contributed by atoms with E-state index in [0.29, 0.717) is 19.4 Å². The summed E-state index contributed by atoms with van der Waals surface area (Å²) < 4.78 is 10.5. The van der Waals surface area contributed by atoms with E-state index in [9.17, 15) is 24.0 Å². The van der Waals surface area contributed by atoms with E-state index in [2.05, 4.69) is 10.6 Å². The summed E-state index contributed by atoms with van der Waals surface area (Å²) in [7, 11) is 0. The molecule has 35 heavy (non-hydrogen) atoms. The summed E-state index contributed by atoms with van der Waals surface area (Å²) in [5.41, 5.74) is 5.28. The first-order chi connectivity index (χ1) is 16.5. The van der Waals surface area contributed by atoms with Crippen LogP contribution >= 0.6 is 0 Å². The molecule has 2 rings (SSSR count). The molecular weight excluding hydrogens is 456 g/mol. The molecule has 1 heterocycles. The van der Waals surface area contributed by atoms with Gasteiger partial charge in [0.2, 0.25) is 17.7 Å². The van der Waals surface area contributed by atoms with E-state index in [0.717, 1.165) is 5.56 Å². The lowest BCUT2D eigenvalue weighted by Gasteiger charge is -2.29. The zero-order valence-corrected chi connectivity index (χ0v) is 20.4. The van der Waals surface area contributed by atoms with Crippen LogP contribution < -0.4 is 16.4 Å². The van der Waals surface area contributed by atoms with Crippen LogP contribution in [0.25, 0.3) is 0 Å². The zero-order chi connectivity index (χ0) is 26.0. The van der Waals surface area contributed by atoms with Crippen molar-refractivity contribution in [3.05, 3.63) is 35.9 Å². The van der Waals surface area contributed by atoms with Gasteiger partial charge >= 0.3 is 12.1 Å². The number of amides is 4. The maximum Gasteiger partial charge on any atom is 0.410 e. The average molecular weight is 491 g/mol. The second-order valence-electron chi connectivity index (χ2n) is 9.26. The highest BCUT2D eigenvalue weighted by Crippen LogP contribution is 2.21. The van der Waals surface area contributed by atoms with Crippen LogP contribution in [0.5, 0.6) is 0 Å². The Bertz CT molecular complexity index is 914. The summed E-state index contributed by atoms with van der Waals surface area (Å²) >= 11 is 0. The highest BCUT2D eigenvalue weighted by atomic mass is 16.6. The van der Waals surface area contributed by atoms with E-state index < -0.39 is 54.0 Å². The van der Waals surface area contributed by atoms with Crippen LogP contribution in [-0.4, -0.2) is 65.5 Å². The smallest absolute Gasteiger partial charge is 0.410 e. The van der Waals surface area contributed by atoms with Crippen molar-refractivity contribution in [3.63, 3.8) is 0 Å². The standard InChI is InChI=1S/C24H34N4O7/c1-24(2,3)35-23(33)28-13-7-10-18(28)22(32)27-17(11-12-19(25)29)21(31)26-14-20(30)34-15-16-8-5-4-6-9-16/h4-6,8-9,17-18H,7,10-15H2,1-3H3,(H2,25,29)(H,26,31)(H,27,32)/t17-,18-/m0/s1. The van der Waals surface area contributed by atoms with E-state index in [1.54, 1.807) is 32.9 Å². The molecule has 0 unspecified atom stereocenters. The number of hydrogen-bond donors (Lipinski definition) is 3. The summed E-state index contributed by atoms with van der Waals surface area (Å²) in [6, 6.07) is 7.11. The molecule has 0 spiro atoms. The minimum absolute atomic E-state index is 0.0551. The Hall–Kier alpha value is -3.63. The van der Waals surface area contributed by atoms with Crippen molar-refractivity contribution >= 4 is 29.8 Å². The van der Waals surface area contributed by atoms with E-state index in [-0.39, 0.29) is 19.4 Å². The summed E-state index contributed by atoms with van der Waals surface area (Å²) in [6.07, 6.45) is 0.168. The lowest BCUT2D eigenvalue weighted by molar-refractivity contribution is -0.145. The molecule has 1 aliphatic rings. The Kier molecular flexibility index (Phi) is 10.0. The van der Waals surface area contributed by atoms with Gasteiger partial charge in [0.1, 0.15) is 30.8 Å². The van der Waals surface area contributed by atoms with Gasteiger partial charge in [0, 0.05) is 13.0 Å². The van der Waals surface area contributed by atoms with Gasteiger partial charge in [-0.05, 0) is 45.6 Å². The van der Waals surface area contributed by atoms with Crippen molar-refractivity contribution in [1.82, 2.24) is 15.5 Å². The summed E-state index contributed by atoms with van der Waals surface area (Å²) in [5.74, 6) is -2.52. The van der Waals surface area contributed by atoms with Gasteiger partial charge in [-0.2, -0.15) is 0 Å². The number of esters is 1. The van der Waals surface area contributed by atoms with Gasteiger partial charge in [-0.15, -0.1) is 0 Å². The first kappa shape index (κ1) is 27.6. The number of nitrogens with two attached hydrogens (primary N) is 1. The van der Waals surface area contributed by atoms with Gasteiger partial charge in [0.25, 0.3) is 0 Å². The first-order valence-corrected chi connectivity index (χ1v) is 11.5. The number of ether oxygens (including phenoxy) is 2. The quantitative estimate of drug-likeness (QED) is 0.413. The van der Waals surface area contributed by atoms with Crippen molar-refractivity contribution in [1.29, 1.82) is 0 Å². The number of likely N-dealkylation sites (tertiary alicyclic amines) is 1. The molecule has 1 aromatic rings. The monoisotopic (exact) mass is 490 g/mol. The number of rotatable bonds is 10. The molecule has 0 radical (unpaired) electrons. The van der Waals surface area contributed by atoms with E-state index >= 15 is 0 Å². The maximum atomic E-state index is 12.9. The number of carbonyl (C=O) groups is 5. The fourth-order valence-corrected chi connectivity index (χ4v) is 3.47. The molecular formula is C24H34N4O7. The van der Waals surface area contributed by atoms with Gasteiger partial charge in [-0.1, -0.05) is 30.3 Å². The van der Waals surface area contributed by atoms with Gasteiger partial charge in [0.05, 0.1) is 0 Å². The summed E-state index contributed by atoms with van der Waals surface area (Å²) in [6.45, 7) is 5.17. The van der Waals surface area contributed by atoms with Crippen LogP contribution in [0.4, 0.5) is 4.79 Å². The van der Waals surface area contributed by atoms with E-state index in [4.69, 9.17) is 15.2 Å². The minimum Gasteiger partial charge on any atom is -0.460 e. The van der Waals surface area contributed by atoms with Crippen LogP contribution in [0.15, 0.2) is 30.3 Å². The molecule has 0 aromatic heterocycles. The molecule has 11 nitrogen and oxygen atoms in total. The Morgan fingerprint density at radius 3 is 2.46 bits per heavy atom. The Morgan fingerprint density at radius 2 is 1.83 bits per heavy atom. The first-order valence-electron chi connectivity index (χ1n) is 11.5. The van der Waals surface area contributed by atoms with Crippen LogP contribution in [0.2, 0.25) is 0 Å². The average Bonchev–Trinajstić information content (AvgIpc) is 3.28. The van der Waals surface area contributed by atoms with Crippen molar-refractivity contribution in [2.24, 2.45) is 5.73 Å². The summed E-state index contributed by atoms with van der Waals surface area (Å²) in [4.78, 5) is 62.7. The lowest BCUT2D eigenvalue weighted by atomic mass is 10.1. The fourth-order valence-electron chi connectivity index (χ4n) is 3.47. The third-order valence-electron chi connectivity index (χ3n) is 5.15. The fraction of sp³-hybridized carbons (Fsp3) is 0.542. The molecule has 4 amide bonds. The molecule has 0 aliphatic carbocycles. The van der Waals surface area contributed by atoms with Gasteiger partial charge < -0.3 is 25.8 Å². The zero-order valence-electron chi connectivity index (χ0n) is 20.4. The second-order valence-corrected chi connectivity index (χ2v) is 9.26. The molecule has 192 valence electrons. The molecule has 11 heteroatoms. The lowest BCUT2D eigenvalue weighted by Crippen LogP contribution is -2.54. The van der Waals surface area contributed by atoms with Crippen LogP contribution in [0, 0.1) is 0 Å². The topological polar surface area (TPSA) is 157 Å². The molecule has 1 aliphatic heterocycles. The van der Waals surface area contributed by atoms with Crippen molar-refractivity contribution < 1.29 is 33.4 Å². The van der Waals surface area contributed by atoms with Crippen LogP contribution in [-0.2, 0) is 35.3 Å². The molecule has 1 fully saturated rings. The third-order valence-corrected chi connectivity index (χ3v) is 5.15. The van der Waals surface area contributed by atoms with Gasteiger partial charge in [-0.3, -0.25) is 24.1 Å². The highest BCUT2D eigenvalue weighted by Gasteiger charge is 2.38. The SMILES string of the molecule is CC(C)(C)OC(=O)N1CCC[C@H]1C(=O)N[C@@H](CCC(N)=O)C(=O)NCC(=O)OCc1ccccc1. The van der Waals surface area contributed by atoms with Crippen LogP contribution in [0.1, 0.15) is 52.0 Å². The minimum atomic E-state index is -1.13. The predicted molar refractivity (Wildman–Crippen MR) is 126 cm³/mol. The number of benzene rings is 1. The molecule has 0 saturated carbocycles. The highest BCUT2D eigenvalue weighted by molar-refractivity contribution is 5.93. The summed E-state index contributed by atoms with van der Waals surface area (Å²) in [5, 5.41) is 5.00. The molecule has 2 atom stereocenters. The Morgan fingerprint density at radius 1 is 1.14 bits per heavy atom. The molecule has 4 N–H and O–H groups in total. The Labute approximate surface area is 204 Å². The molecule has 0 bridgehead atoms. The second kappa shape index (κ2) is 12.7. The van der Waals surface area contributed by atoms with Crippen molar-refractivity contribution in [2.75, 3.05) is 13.1 Å². The van der Waals surface area contributed by atoms with Crippen LogP contribution in [0.3, 0.4) is 0 Å². The number of carbonyl (C=O) groups excluding carboxylic acids is 5. The predicted octanol–water partition coefficient (Wildman–Crippen LogP) is 0.996. The van der Waals surface area contributed by atoms with E-state index in [1.807, 2.05) is 18.2 Å². The number of nitrogens with zero attached hydrogens (tertiary/aromatic N) is 1. The maximum absolute atomic E-state index is 12.9. The number of primary amides is 1. The normalized spacial score (nSPS) is 16.2. The largest absolute Gasteiger partial charge is 0.460 e. The van der Waals surface area contributed by atoms with Gasteiger partial charge in [-0.25, -0.2) is 4.79 Å². The van der Waals surface area contributed by atoms with E-state index in [1.165, 1.54) is 4.90 Å². The van der Waals surface area contributed by atoms with Crippen molar-refractivity contribution in [2.45, 2.75) is 70.7 Å². The Balaban J connectivity index is 1.94. The molecule has 1 saturated heterocycles.